The minimum atomic E-state index is -0.0687. The van der Waals surface area contributed by atoms with Gasteiger partial charge in [-0.05, 0) is 24.5 Å². The second-order valence-corrected chi connectivity index (χ2v) is 6.04. The average Bonchev–Trinajstić information content (AvgIpc) is 3.10. The largest absolute Gasteiger partial charge is 0.348 e. The maximum Gasteiger partial charge on any atom is 0.240 e. The summed E-state index contributed by atoms with van der Waals surface area (Å²) < 4.78 is 0. The van der Waals surface area contributed by atoms with Gasteiger partial charge in [-0.25, -0.2) is 15.0 Å². The molecule has 130 valence electrons. The lowest BCUT2D eigenvalue weighted by molar-refractivity contribution is -0.120. The number of nitrogens with zero attached hydrogens (tertiary/aromatic N) is 4. The van der Waals surface area contributed by atoms with E-state index in [2.05, 4.69) is 56.4 Å². The number of aromatic nitrogens is 4. The van der Waals surface area contributed by atoms with Crippen molar-refractivity contribution in [3.05, 3.63) is 48.0 Å². The molecule has 2 N–H and O–H groups in total. The van der Waals surface area contributed by atoms with Gasteiger partial charge in [-0.15, -0.1) is 0 Å². The number of benzene rings is 1. The molecule has 0 spiro atoms. The molecule has 7 heteroatoms. The number of nitrogens with one attached hydrogen (secondary N) is 2. The molecule has 3 rings (SSSR count). The number of likely N-dealkylation sites (N-methyl/N-ethyl adjacent to an activating group) is 1. The smallest absolute Gasteiger partial charge is 0.240 e. The Bertz CT molecular complexity index is 857. The minimum absolute atomic E-state index is 0.0515. The van der Waals surface area contributed by atoms with Crippen molar-refractivity contribution in [2.75, 3.05) is 18.5 Å². The van der Waals surface area contributed by atoms with Crippen LogP contribution in [0.15, 0.2) is 36.9 Å². The van der Waals surface area contributed by atoms with E-state index in [1.54, 1.807) is 11.2 Å². The number of aryl methyl sites for hydroxylation is 1. The Kier molecular flexibility index (Phi) is 4.92. The number of amides is 1. The molecule has 0 aliphatic rings. The summed E-state index contributed by atoms with van der Waals surface area (Å²) in [4.78, 5) is 29.6. The van der Waals surface area contributed by atoms with Crippen molar-refractivity contribution < 1.29 is 4.79 Å². The standard InChI is InChI=1S/C18H22N6O/c1-4-13-5-7-14(8-6-13)12(2)23-15(25)9-24(3)18-16-17(20-10-19-16)21-11-22-18/h5-8,10-12H,4,9H2,1-3H3,(H,23,25)(H,19,20,21,22)/t12-/m0/s1. The van der Waals surface area contributed by atoms with Gasteiger partial charge in [0.05, 0.1) is 18.9 Å². The second-order valence-electron chi connectivity index (χ2n) is 6.04. The SMILES string of the molecule is CCc1ccc([C@H](C)NC(=O)CN(C)c2ncnc3nc[nH]c23)cc1. The van der Waals surface area contributed by atoms with Crippen LogP contribution in [-0.4, -0.2) is 39.4 Å². The zero-order valence-electron chi connectivity index (χ0n) is 14.7. The number of aromatic amines is 1. The molecule has 7 nitrogen and oxygen atoms in total. The molecule has 0 saturated carbocycles. The van der Waals surface area contributed by atoms with Gasteiger partial charge in [-0.2, -0.15) is 0 Å². The summed E-state index contributed by atoms with van der Waals surface area (Å²) >= 11 is 0. The van der Waals surface area contributed by atoms with Crippen molar-refractivity contribution in [2.24, 2.45) is 0 Å². The first kappa shape index (κ1) is 16.9. The molecule has 25 heavy (non-hydrogen) atoms. The first-order valence-corrected chi connectivity index (χ1v) is 8.32. The Morgan fingerprint density at radius 2 is 2.00 bits per heavy atom. The van der Waals surface area contributed by atoms with Crippen LogP contribution in [0.2, 0.25) is 0 Å². The summed E-state index contributed by atoms with van der Waals surface area (Å²) in [5.41, 5.74) is 3.68. The molecule has 2 aromatic heterocycles. The summed E-state index contributed by atoms with van der Waals surface area (Å²) in [6.07, 6.45) is 4.02. The predicted octanol–water partition coefficient (Wildman–Crippen LogP) is 2.23. The van der Waals surface area contributed by atoms with Crippen molar-refractivity contribution in [1.29, 1.82) is 0 Å². The fourth-order valence-electron chi connectivity index (χ4n) is 2.74. The third kappa shape index (κ3) is 3.76. The molecule has 1 atom stereocenters. The van der Waals surface area contributed by atoms with Gasteiger partial charge in [-0.1, -0.05) is 31.2 Å². The van der Waals surface area contributed by atoms with Crippen LogP contribution < -0.4 is 10.2 Å². The van der Waals surface area contributed by atoms with E-state index >= 15 is 0 Å². The number of anilines is 1. The van der Waals surface area contributed by atoms with Gasteiger partial charge in [0.25, 0.3) is 0 Å². The van der Waals surface area contributed by atoms with Crippen molar-refractivity contribution >= 4 is 22.9 Å². The van der Waals surface area contributed by atoms with Crippen LogP contribution in [0.4, 0.5) is 5.82 Å². The Balaban J connectivity index is 1.64. The van der Waals surface area contributed by atoms with Gasteiger partial charge in [0.2, 0.25) is 5.91 Å². The van der Waals surface area contributed by atoms with E-state index in [4.69, 9.17) is 0 Å². The van der Waals surface area contributed by atoms with E-state index in [1.165, 1.54) is 11.9 Å². The Morgan fingerprint density at radius 1 is 1.24 bits per heavy atom. The van der Waals surface area contributed by atoms with Gasteiger partial charge in [-0.3, -0.25) is 4.79 Å². The topological polar surface area (TPSA) is 86.8 Å². The highest BCUT2D eigenvalue weighted by atomic mass is 16.2. The van der Waals surface area contributed by atoms with E-state index in [0.29, 0.717) is 11.5 Å². The quantitative estimate of drug-likeness (QED) is 0.720. The predicted molar refractivity (Wildman–Crippen MR) is 97.3 cm³/mol. The molecule has 3 aromatic rings. The molecule has 0 aliphatic carbocycles. The first-order chi connectivity index (χ1) is 12.1. The zero-order chi connectivity index (χ0) is 17.8. The lowest BCUT2D eigenvalue weighted by atomic mass is 10.1. The zero-order valence-corrected chi connectivity index (χ0v) is 14.7. The number of H-pyrrole nitrogens is 1. The van der Waals surface area contributed by atoms with Crippen LogP contribution in [0, 0.1) is 0 Å². The molecule has 1 amide bonds. The molecule has 0 saturated heterocycles. The minimum Gasteiger partial charge on any atom is -0.348 e. The van der Waals surface area contributed by atoms with Gasteiger partial charge >= 0.3 is 0 Å². The number of hydrogen-bond acceptors (Lipinski definition) is 5. The van der Waals surface area contributed by atoms with E-state index in [0.717, 1.165) is 17.5 Å². The number of hydrogen-bond donors (Lipinski definition) is 2. The molecule has 1 aromatic carbocycles. The molecular formula is C18H22N6O. The van der Waals surface area contributed by atoms with Gasteiger partial charge in [0.1, 0.15) is 11.8 Å². The number of carbonyl (C=O) groups is 1. The maximum absolute atomic E-state index is 12.4. The highest BCUT2D eigenvalue weighted by molar-refractivity contribution is 5.87. The normalized spacial score (nSPS) is 12.1. The molecule has 0 unspecified atom stereocenters. The monoisotopic (exact) mass is 338 g/mol. The second kappa shape index (κ2) is 7.29. The Labute approximate surface area is 146 Å². The highest BCUT2D eigenvalue weighted by Crippen LogP contribution is 2.18. The lowest BCUT2D eigenvalue weighted by Crippen LogP contribution is -2.37. The van der Waals surface area contributed by atoms with Crippen LogP contribution in [0.5, 0.6) is 0 Å². The van der Waals surface area contributed by atoms with E-state index in [1.807, 2.05) is 14.0 Å². The molecule has 2 heterocycles. The lowest BCUT2D eigenvalue weighted by Gasteiger charge is -2.20. The molecule has 0 aliphatic heterocycles. The fourth-order valence-corrected chi connectivity index (χ4v) is 2.74. The average molecular weight is 338 g/mol. The van der Waals surface area contributed by atoms with Crippen LogP contribution >= 0.6 is 0 Å². The van der Waals surface area contributed by atoms with Gasteiger partial charge in [0, 0.05) is 7.05 Å². The Morgan fingerprint density at radius 3 is 2.72 bits per heavy atom. The van der Waals surface area contributed by atoms with Crippen LogP contribution in [-0.2, 0) is 11.2 Å². The summed E-state index contributed by atoms with van der Waals surface area (Å²) in [7, 11) is 1.82. The van der Waals surface area contributed by atoms with Crippen LogP contribution in [0.25, 0.3) is 11.2 Å². The highest BCUT2D eigenvalue weighted by Gasteiger charge is 2.15. The third-order valence-electron chi connectivity index (χ3n) is 4.21. The first-order valence-electron chi connectivity index (χ1n) is 8.32. The molecule has 0 radical (unpaired) electrons. The number of imidazole rings is 1. The maximum atomic E-state index is 12.4. The van der Waals surface area contributed by atoms with E-state index in [-0.39, 0.29) is 18.5 Å². The van der Waals surface area contributed by atoms with Gasteiger partial charge < -0.3 is 15.2 Å². The van der Waals surface area contributed by atoms with E-state index in [9.17, 15) is 4.79 Å². The summed E-state index contributed by atoms with van der Waals surface area (Å²) in [5, 5.41) is 3.03. The summed E-state index contributed by atoms with van der Waals surface area (Å²) in [6, 6.07) is 8.27. The summed E-state index contributed by atoms with van der Waals surface area (Å²) in [6.45, 7) is 4.30. The van der Waals surface area contributed by atoms with Crippen LogP contribution in [0.3, 0.4) is 0 Å². The van der Waals surface area contributed by atoms with Crippen molar-refractivity contribution in [3.63, 3.8) is 0 Å². The molecule has 0 fully saturated rings. The third-order valence-corrected chi connectivity index (χ3v) is 4.21. The van der Waals surface area contributed by atoms with Crippen molar-refractivity contribution in [1.82, 2.24) is 25.3 Å². The fraction of sp³-hybridized carbons (Fsp3) is 0.333. The number of rotatable bonds is 6. The van der Waals surface area contributed by atoms with Crippen molar-refractivity contribution in [3.8, 4) is 0 Å². The molecular weight excluding hydrogens is 316 g/mol. The molecule has 0 bridgehead atoms. The number of fused-ring (bicyclic) bond motifs is 1. The number of carbonyl (C=O) groups excluding carboxylic acids is 1. The summed E-state index contributed by atoms with van der Waals surface area (Å²) in [5.74, 6) is 0.582. The van der Waals surface area contributed by atoms with Crippen LogP contribution in [0.1, 0.15) is 31.0 Å². The Hall–Kier alpha value is -2.96. The van der Waals surface area contributed by atoms with E-state index < -0.39 is 0 Å². The van der Waals surface area contributed by atoms with Crippen molar-refractivity contribution in [2.45, 2.75) is 26.3 Å². The van der Waals surface area contributed by atoms with Gasteiger partial charge in [0.15, 0.2) is 11.5 Å².